The van der Waals surface area contributed by atoms with Gasteiger partial charge in [-0.05, 0) is 50.6 Å². The number of aromatic nitrogens is 7. The van der Waals surface area contributed by atoms with E-state index in [1.54, 1.807) is 10.7 Å². The zero-order chi connectivity index (χ0) is 27.8. The Hall–Kier alpha value is -5.13. The molecule has 1 aromatic carbocycles. The number of anilines is 3. The lowest BCUT2D eigenvalue weighted by molar-refractivity contribution is -0.128. The molecule has 0 radical (unpaired) electrons. The largest absolute Gasteiger partial charge is 0.457 e. The lowest BCUT2D eigenvalue weighted by atomic mass is 10.2. The van der Waals surface area contributed by atoms with Gasteiger partial charge in [-0.15, -0.1) is 0 Å². The van der Waals surface area contributed by atoms with Gasteiger partial charge >= 0.3 is 0 Å². The maximum atomic E-state index is 12.1. The number of hydrogen-bond donors (Lipinski definition) is 1. The highest BCUT2D eigenvalue weighted by atomic mass is 16.5. The van der Waals surface area contributed by atoms with Gasteiger partial charge in [0, 0.05) is 49.2 Å². The van der Waals surface area contributed by atoms with Crippen molar-refractivity contribution in [1.29, 1.82) is 0 Å². The van der Waals surface area contributed by atoms with Crippen LogP contribution in [0.2, 0.25) is 0 Å². The number of aryl methyl sites for hydroxylation is 2. The lowest BCUT2D eigenvalue weighted by Gasteiger charge is -2.39. The number of pyridine rings is 1. The Morgan fingerprint density at radius 1 is 1.07 bits per heavy atom. The molecular formula is C28H28N10O2. The number of hydrogen-bond acceptors (Lipinski definition) is 10. The summed E-state index contributed by atoms with van der Waals surface area (Å²) in [6.45, 7) is 11.4. The predicted octanol–water partition coefficient (Wildman–Crippen LogP) is 3.84. The van der Waals surface area contributed by atoms with E-state index in [1.165, 1.54) is 18.7 Å². The number of benzene rings is 1. The van der Waals surface area contributed by atoms with Gasteiger partial charge in [0.05, 0.1) is 6.20 Å². The lowest BCUT2D eigenvalue weighted by Crippen LogP contribution is -2.54. The normalized spacial score (nSPS) is 15.4. The summed E-state index contributed by atoms with van der Waals surface area (Å²) in [5, 5.41) is 7.55. The van der Waals surface area contributed by atoms with E-state index in [4.69, 9.17) is 9.72 Å². The van der Waals surface area contributed by atoms with Gasteiger partial charge in [0.1, 0.15) is 35.2 Å². The van der Waals surface area contributed by atoms with Crippen molar-refractivity contribution < 1.29 is 9.53 Å². The molecule has 0 unspecified atom stereocenters. The molecule has 40 heavy (non-hydrogen) atoms. The van der Waals surface area contributed by atoms with Crippen LogP contribution in [-0.2, 0) is 4.79 Å². The highest BCUT2D eigenvalue weighted by Gasteiger charge is 2.27. The molecule has 4 aromatic heterocycles. The van der Waals surface area contributed by atoms with Crippen molar-refractivity contribution in [1.82, 2.24) is 39.4 Å². The highest BCUT2D eigenvalue weighted by molar-refractivity contribution is 5.88. The molecule has 0 saturated carbocycles. The van der Waals surface area contributed by atoms with Crippen molar-refractivity contribution >= 4 is 40.0 Å². The van der Waals surface area contributed by atoms with Gasteiger partial charge in [0.15, 0.2) is 11.5 Å². The molecule has 1 N–H and O–H groups in total. The van der Waals surface area contributed by atoms with Gasteiger partial charge in [0.25, 0.3) is 0 Å². The van der Waals surface area contributed by atoms with Gasteiger partial charge in [0.2, 0.25) is 11.9 Å². The fraction of sp³-hybridized carbons (Fsp3) is 0.250. The van der Waals surface area contributed by atoms with Gasteiger partial charge in [-0.25, -0.2) is 29.4 Å². The molecule has 5 heterocycles. The van der Waals surface area contributed by atoms with Gasteiger partial charge in [-0.1, -0.05) is 6.58 Å². The van der Waals surface area contributed by atoms with Gasteiger partial charge in [-0.3, -0.25) is 4.79 Å². The maximum absolute atomic E-state index is 12.1. The summed E-state index contributed by atoms with van der Waals surface area (Å²) >= 11 is 0. The Morgan fingerprint density at radius 3 is 2.75 bits per heavy atom. The zero-order valence-corrected chi connectivity index (χ0v) is 22.4. The number of carbonyl (C=O) groups is 1. The van der Waals surface area contributed by atoms with Crippen molar-refractivity contribution in [3.8, 4) is 11.5 Å². The topological polar surface area (TPSA) is 127 Å². The molecule has 0 aliphatic carbocycles. The first-order valence-corrected chi connectivity index (χ1v) is 12.9. The Kier molecular flexibility index (Phi) is 6.42. The molecule has 1 atom stereocenters. The average Bonchev–Trinajstić information content (AvgIpc) is 3.41. The van der Waals surface area contributed by atoms with Gasteiger partial charge in [-0.2, -0.15) is 5.10 Å². The number of carbonyl (C=O) groups excluding carboxylic acids is 1. The van der Waals surface area contributed by atoms with Crippen LogP contribution < -0.4 is 15.0 Å². The molecule has 1 aliphatic rings. The van der Waals surface area contributed by atoms with Crippen LogP contribution in [-0.4, -0.2) is 71.0 Å². The van der Waals surface area contributed by atoms with E-state index in [0.717, 1.165) is 34.0 Å². The molecule has 12 heteroatoms. The molecule has 202 valence electrons. The van der Waals surface area contributed by atoms with Crippen molar-refractivity contribution in [2.45, 2.75) is 26.8 Å². The van der Waals surface area contributed by atoms with Crippen LogP contribution in [0.5, 0.6) is 11.5 Å². The zero-order valence-electron chi connectivity index (χ0n) is 22.4. The maximum Gasteiger partial charge on any atom is 0.246 e. The first kappa shape index (κ1) is 25.2. The monoisotopic (exact) mass is 536 g/mol. The second-order valence-electron chi connectivity index (χ2n) is 9.75. The third kappa shape index (κ3) is 4.75. The number of piperazine rings is 1. The Balaban J connectivity index is 1.23. The molecule has 1 fully saturated rings. The van der Waals surface area contributed by atoms with Gasteiger partial charge < -0.3 is 19.9 Å². The summed E-state index contributed by atoms with van der Waals surface area (Å²) in [6.07, 6.45) is 7.95. The van der Waals surface area contributed by atoms with E-state index >= 15 is 0 Å². The molecule has 5 aromatic rings. The van der Waals surface area contributed by atoms with E-state index in [9.17, 15) is 4.79 Å². The molecular weight excluding hydrogens is 508 g/mol. The third-order valence-electron chi connectivity index (χ3n) is 6.96. The summed E-state index contributed by atoms with van der Waals surface area (Å²) in [4.78, 5) is 38.4. The Bertz CT molecular complexity index is 1750. The SMILES string of the molecule is C=CC(=O)N1CCN(c2ncc3ncnc(Nc4ccc(Oc5cc6ncnn6cc5C)c(C)c4)c3n2)C[C@H]1C. The second kappa shape index (κ2) is 10.2. The highest BCUT2D eigenvalue weighted by Crippen LogP contribution is 2.31. The van der Waals surface area contributed by atoms with Crippen molar-refractivity contribution in [3.05, 3.63) is 73.1 Å². The van der Waals surface area contributed by atoms with Crippen LogP contribution in [0.1, 0.15) is 18.1 Å². The quantitative estimate of drug-likeness (QED) is 0.320. The molecule has 1 aliphatic heterocycles. The van der Waals surface area contributed by atoms with Crippen LogP contribution in [0.25, 0.3) is 16.7 Å². The van der Waals surface area contributed by atoms with Crippen molar-refractivity contribution in [2.24, 2.45) is 0 Å². The van der Waals surface area contributed by atoms with Crippen LogP contribution in [0, 0.1) is 13.8 Å². The minimum absolute atomic E-state index is 0.00829. The van der Waals surface area contributed by atoms with E-state index in [-0.39, 0.29) is 11.9 Å². The van der Waals surface area contributed by atoms with Crippen molar-refractivity contribution in [3.63, 3.8) is 0 Å². The summed E-state index contributed by atoms with van der Waals surface area (Å²) in [5.41, 5.74) is 4.69. The summed E-state index contributed by atoms with van der Waals surface area (Å²) in [6, 6.07) is 7.72. The number of rotatable bonds is 6. The number of amides is 1. The molecule has 1 amide bonds. The number of nitrogens with zero attached hydrogens (tertiary/aromatic N) is 9. The summed E-state index contributed by atoms with van der Waals surface area (Å²) in [7, 11) is 0. The fourth-order valence-electron chi connectivity index (χ4n) is 4.82. The van der Waals surface area contributed by atoms with E-state index in [2.05, 4.69) is 41.8 Å². The number of ether oxygens (including phenoxy) is 1. The van der Waals surface area contributed by atoms with Crippen LogP contribution in [0.3, 0.4) is 0 Å². The van der Waals surface area contributed by atoms with Crippen molar-refractivity contribution in [2.75, 3.05) is 29.9 Å². The molecule has 0 bridgehead atoms. The second-order valence-corrected chi connectivity index (χ2v) is 9.75. The molecule has 6 rings (SSSR count). The van der Waals surface area contributed by atoms with Crippen LogP contribution in [0.4, 0.5) is 17.5 Å². The predicted molar refractivity (Wildman–Crippen MR) is 151 cm³/mol. The fourth-order valence-corrected chi connectivity index (χ4v) is 4.82. The first-order valence-electron chi connectivity index (χ1n) is 12.9. The number of nitrogens with one attached hydrogen (secondary N) is 1. The van der Waals surface area contributed by atoms with E-state index in [1.807, 2.05) is 56.1 Å². The Labute approximate surface area is 230 Å². The molecule has 12 nitrogen and oxygen atoms in total. The third-order valence-corrected chi connectivity index (χ3v) is 6.96. The standard InChI is InChI=1S/C28H28N10O2/c1-5-25(39)37-9-8-36(14-19(37)4)28-29-12-21-26(35-28)27(32-15-30-21)34-20-6-7-22(17(2)10-20)40-23-11-24-31-16-33-38(24)13-18(23)3/h5-7,10-13,15-16,19H,1,8-9,14H2,2-4H3,(H,30,32,34)/t19-/m1/s1. The van der Waals surface area contributed by atoms with E-state index in [0.29, 0.717) is 42.4 Å². The Morgan fingerprint density at radius 2 is 1.95 bits per heavy atom. The molecule has 1 saturated heterocycles. The summed E-state index contributed by atoms with van der Waals surface area (Å²) < 4.78 is 7.94. The minimum Gasteiger partial charge on any atom is -0.457 e. The molecule has 0 spiro atoms. The first-order chi connectivity index (χ1) is 19.4. The summed E-state index contributed by atoms with van der Waals surface area (Å²) in [5.74, 6) is 2.54. The van der Waals surface area contributed by atoms with E-state index < -0.39 is 0 Å². The van der Waals surface area contributed by atoms with Crippen LogP contribution >= 0.6 is 0 Å². The minimum atomic E-state index is -0.0651. The van der Waals surface area contributed by atoms with Crippen LogP contribution in [0.15, 0.2) is 62.0 Å². The average molecular weight is 537 g/mol. The smallest absolute Gasteiger partial charge is 0.246 e. The number of fused-ring (bicyclic) bond motifs is 2.